The minimum absolute atomic E-state index is 0.731. The molecule has 0 unspecified atom stereocenters. The highest BCUT2D eigenvalue weighted by Crippen LogP contribution is 2.21. The van der Waals surface area contributed by atoms with E-state index in [9.17, 15) is 0 Å². The first-order valence-corrected chi connectivity index (χ1v) is 12.9. The number of hydrogen-bond donors (Lipinski definition) is 1. The summed E-state index contributed by atoms with van der Waals surface area (Å²) in [6.45, 7) is 24.9. The first-order valence-electron chi connectivity index (χ1n) is 12.2. The van der Waals surface area contributed by atoms with Crippen LogP contribution >= 0.6 is 11.9 Å². The van der Waals surface area contributed by atoms with Gasteiger partial charge in [0.2, 0.25) is 0 Å². The van der Waals surface area contributed by atoms with Crippen molar-refractivity contribution < 1.29 is 0 Å². The molecule has 31 heavy (non-hydrogen) atoms. The summed E-state index contributed by atoms with van der Waals surface area (Å²) < 4.78 is 4.20. The second kappa shape index (κ2) is 24.8. The zero-order chi connectivity index (χ0) is 24.7. The van der Waals surface area contributed by atoms with E-state index in [1.807, 2.05) is 27.7 Å². The maximum Gasteiger partial charge on any atom is 0.108 e. The monoisotopic (exact) mass is 448 g/mol. The van der Waals surface area contributed by atoms with Crippen molar-refractivity contribution in [1.82, 2.24) is 0 Å². The van der Waals surface area contributed by atoms with Gasteiger partial charge in [-0.25, -0.2) is 0 Å². The zero-order valence-electron chi connectivity index (χ0n) is 22.4. The van der Waals surface area contributed by atoms with Gasteiger partial charge in [0.05, 0.1) is 0 Å². The summed E-state index contributed by atoms with van der Waals surface area (Å²) >= 11 is 1.44. The molecular weight excluding hydrogens is 396 g/mol. The molecule has 1 rings (SSSR count). The molecule has 0 saturated heterocycles. The molecule has 0 atom stereocenters. The lowest BCUT2D eigenvalue weighted by Gasteiger charge is -2.02. The molecule has 0 radical (unpaired) electrons. The van der Waals surface area contributed by atoms with E-state index in [2.05, 4.69) is 76.8 Å². The van der Waals surface area contributed by atoms with Crippen molar-refractivity contribution in [3.8, 4) is 0 Å². The Balaban J connectivity index is -0.000000436. The molecule has 1 aromatic rings. The standard InChI is InChI=1S/C13H18.C11H22N2S.2C2H6/c1-10(2)5-7-13-8-6-11(3)12(4)9-13;1-4-6-7-9-10(3)14-13-11(12)8-5-2;2*1-2/h5-6,8-9H,7H2,1-4H3;3-9H2,1-2H3,(H2,12,13);2*1-2H3. The van der Waals surface area contributed by atoms with E-state index < -0.39 is 0 Å². The molecule has 0 aliphatic heterocycles. The molecule has 1 aromatic carbocycles. The van der Waals surface area contributed by atoms with Crippen molar-refractivity contribution >= 4 is 17.8 Å². The quantitative estimate of drug-likeness (QED) is 0.127. The fraction of sp³-hybridized carbons (Fsp3) is 0.607. The summed E-state index contributed by atoms with van der Waals surface area (Å²) in [6, 6.07) is 6.68. The summed E-state index contributed by atoms with van der Waals surface area (Å²) in [7, 11) is 0. The highest BCUT2D eigenvalue weighted by Gasteiger charge is 1.96. The van der Waals surface area contributed by atoms with Crippen LogP contribution in [0.25, 0.3) is 0 Å². The molecule has 0 heterocycles. The summed E-state index contributed by atoms with van der Waals surface area (Å²) in [5, 5.41) is 0. The summed E-state index contributed by atoms with van der Waals surface area (Å²) in [5.74, 6) is 0.731. The van der Waals surface area contributed by atoms with Gasteiger partial charge in [-0.3, -0.25) is 0 Å². The van der Waals surface area contributed by atoms with Gasteiger partial charge in [-0.1, -0.05) is 90.8 Å². The highest BCUT2D eigenvalue weighted by atomic mass is 32.2. The fourth-order valence-electron chi connectivity index (χ4n) is 2.30. The number of nitrogens with two attached hydrogens (primary N) is 1. The van der Waals surface area contributed by atoms with Gasteiger partial charge in [-0.2, -0.15) is 4.40 Å². The first-order chi connectivity index (χ1) is 14.8. The fourth-order valence-corrected chi connectivity index (χ4v) is 2.87. The van der Waals surface area contributed by atoms with Gasteiger partial charge >= 0.3 is 0 Å². The van der Waals surface area contributed by atoms with Crippen LogP contribution in [0.5, 0.6) is 0 Å². The summed E-state index contributed by atoms with van der Waals surface area (Å²) in [6.07, 6.45) is 10.1. The molecule has 0 spiro atoms. The molecule has 0 amide bonds. The minimum Gasteiger partial charge on any atom is -0.387 e. The Bertz CT molecular complexity index is 611. The Morgan fingerprint density at radius 1 is 0.968 bits per heavy atom. The van der Waals surface area contributed by atoms with Crippen molar-refractivity contribution in [2.75, 3.05) is 0 Å². The lowest BCUT2D eigenvalue weighted by atomic mass is 10.0. The van der Waals surface area contributed by atoms with E-state index in [1.54, 1.807) is 0 Å². The number of unbranched alkanes of at least 4 members (excludes halogenated alkanes) is 2. The number of allylic oxidation sites excluding steroid dienone is 3. The number of aryl methyl sites for hydroxylation is 2. The molecule has 180 valence electrons. The molecule has 0 saturated carbocycles. The average Bonchev–Trinajstić information content (AvgIpc) is 2.77. The van der Waals surface area contributed by atoms with Gasteiger partial charge in [0.15, 0.2) is 0 Å². The van der Waals surface area contributed by atoms with E-state index in [1.165, 1.54) is 53.5 Å². The van der Waals surface area contributed by atoms with Gasteiger partial charge in [0.1, 0.15) is 5.84 Å². The van der Waals surface area contributed by atoms with Crippen LogP contribution < -0.4 is 5.73 Å². The highest BCUT2D eigenvalue weighted by molar-refractivity contribution is 8.01. The van der Waals surface area contributed by atoms with Crippen LogP contribution in [0, 0.1) is 13.8 Å². The SMILES string of the molecule is C=C(CCCCC)S/N=C(/N)CCC.CC.CC.CC(C)=CCc1ccc(C)c(C)c1. The van der Waals surface area contributed by atoms with Crippen LogP contribution in [0.1, 0.15) is 111 Å². The molecular formula is C28H52N2S. The Morgan fingerprint density at radius 3 is 2.06 bits per heavy atom. The van der Waals surface area contributed by atoms with Crippen molar-refractivity contribution in [1.29, 1.82) is 0 Å². The summed E-state index contributed by atoms with van der Waals surface area (Å²) in [5.41, 5.74) is 11.2. The average molecular weight is 449 g/mol. The van der Waals surface area contributed by atoms with E-state index in [0.717, 1.165) is 36.4 Å². The van der Waals surface area contributed by atoms with E-state index in [0.29, 0.717) is 0 Å². The first kappa shape index (κ1) is 34.1. The van der Waals surface area contributed by atoms with Crippen LogP contribution in [-0.2, 0) is 6.42 Å². The summed E-state index contributed by atoms with van der Waals surface area (Å²) in [4.78, 5) is 1.12. The van der Waals surface area contributed by atoms with E-state index in [-0.39, 0.29) is 0 Å². The van der Waals surface area contributed by atoms with E-state index in [4.69, 9.17) is 5.73 Å². The molecule has 0 bridgehead atoms. The molecule has 0 aromatic heterocycles. The molecule has 0 fully saturated rings. The number of hydrogen-bond acceptors (Lipinski definition) is 2. The van der Waals surface area contributed by atoms with Crippen LogP contribution in [0.4, 0.5) is 0 Å². The lowest BCUT2D eigenvalue weighted by Crippen LogP contribution is -2.09. The van der Waals surface area contributed by atoms with Gasteiger partial charge in [0, 0.05) is 23.3 Å². The Labute approximate surface area is 200 Å². The molecule has 3 heteroatoms. The van der Waals surface area contributed by atoms with Crippen LogP contribution in [0.2, 0.25) is 0 Å². The molecule has 2 nitrogen and oxygen atoms in total. The van der Waals surface area contributed by atoms with Crippen LogP contribution in [0.3, 0.4) is 0 Å². The number of nitrogens with zero attached hydrogens (tertiary/aromatic N) is 1. The Morgan fingerprint density at radius 2 is 1.58 bits per heavy atom. The predicted molar refractivity (Wildman–Crippen MR) is 149 cm³/mol. The van der Waals surface area contributed by atoms with Gasteiger partial charge in [-0.05, 0) is 70.1 Å². The topological polar surface area (TPSA) is 38.4 Å². The number of amidine groups is 1. The Hall–Kier alpha value is -1.48. The maximum atomic E-state index is 5.68. The second-order valence-corrected chi connectivity index (χ2v) is 8.27. The number of benzene rings is 1. The van der Waals surface area contributed by atoms with Crippen molar-refractivity contribution in [3.63, 3.8) is 0 Å². The van der Waals surface area contributed by atoms with Crippen molar-refractivity contribution in [2.45, 2.75) is 114 Å². The minimum atomic E-state index is 0.731. The maximum absolute atomic E-state index is 5.68. The van der Waals surface area contributed by atoms with Crippen molar-refractivity contribution in [3.05, 3.63) is 58.0 Å². The predicted octanol–water partition coefficient (Wildman–Crippen LogP) is 9.75. The smallest absolute Gasteiger partial charge is 0.108 e. The molecule has 0 aliphatic carbocycles. The third-order valence-corrected chi connectivity index (χ3v) is 4.96. The van der Waals surface area contributed by atoms with E-state index >= 15 is 0 Å². The molecule has 2 N–H and O–H groups in total. The third kappa shape index (κ3) is 23.0. The largest absolute Gasteiger partial charge is 0.387 e. The zero-order valence-corrected chi connectivity index (χ0v) is 23.2. The Kier molecular flexibility index (Phi) is 27.3. The normalized spacial score (nSPS) is 9.81. The lowest BCUT2D eigenvalue weighted by molar-refractivity contribution is 0.726. The van der Waals surface area contributed by atoms with Gasteiger partial charge in [0.25, 0.3) is 0 Å². The van der Waals surface area contributed by atoms with Crippen LogP contribution in [0.15, 0.2) is 45.7 Å². The van der Waals surface area contributed by atoms with Gasteiger partial charge in [-0.15, -0.1) is 0 Å². The third-order valence-electron chi connectivity index (χ3n) is 4.17. The molecule has 0 aliphatic rings. The van der Waals surface area contributed by atoms with Crippen molar-refractivity contribution in [2.24, 2.45) is 10.1 Å². The second-order valence-electron chi connectivity index (χ2n) is 7.32. The number of rotatable bonds is 10. The van der Waals surface area contributed by atoms with Crippen LogP contribution in [-0.4, -0.2) is 5.84 Å². The van der Waals surface area contributed by atoms with Gasteiger partial charge < -0.3 is 5.73 Å².